The molecule has 20 heavy (non-hydrogen) atoms. The predicted octanol–water partition coefficient (Wildman–Crippen LogP) is 3.42. The molecule has 1 N–H and O–H groups in total. The lowest BCUT2D eigenvalue weighted by atomic mass is 10.2. The van der Waals surface area contributed by atoms with Crippen molar-refractivity contribution in [2.75, 3.05) is 18.0 Å². The Bertz CT molecular complexity index is 541. The van der Waals surface area contributed by atoms with Crippen molar-refractivity contribution in [1.82, 2.24) is 10.3 Å². The number of nitrogens with one attached hydrogen (secondary N) is 1. The SMILES string of the molecule is CCNCc1nc(CN(CC)c2cccc(F)c2)cs1. The number of rotatable bonds is 7. The summed E-state index contributed by atoms with van der Waals surface area (Å²) < 4.78 is 13.3. The molecule has 3 nitrogen and oxygen atoms in total. The van der Waals surface area contributed by atoms with Crippen molar-refractivity contribution >= 4 is 17.0 Å². The highest BCUT2D eigenvalue weighted by Gasteiger charge is 2.09. The van der Waals surface area contributed by atoms with Crippen molar-refractivity contribution in [1.29, 1.82) is 0 Å². The molecule has 0 saturated heterocycles. The van der Waals surface area contributed by atoms with E-state index in [0.717, 1.165) is 36.0 Å². The Balaban J connectivity index is 2.04. The minimum atomic E-state index is -0.202. The molecule has 0 saturated carbocycles. The van der Waals surface area contributed by atoms with Crippen molar-refractivity contribution in [2.45, 2.75) is 26.9 Å². The van der Waals surface area contributed by atoms with E-state index in [0.29, 0.717) is 6.54 Å². The number of hydrogen-bond donors (Lipinski definition) is 1. The first-order valence-corrected chi connectivity index (χ1v) is 7.75. The minimum absolute atomic E-state index is 0.202. The summed E-state index contributed by atoms with van der Waals surface area (Å²) in [6.07, 6.45) is 0. The number of anilines is 1. The average Bonchev–Trinajstić information content (AvgIpc) is 2.90. The number of halogens is 1. The van der Waals surface area contributed by atoms with E-state index in [1.807, 2.05) is 6.07 Å². The third-order valence-corrected chi connectivity index (χ3v) is 3.93. The summed E-state index contributed by atoms with van der Waals surface area (Å²) in [5.74, 6) is -0.202. The van der Waals surface area contributed by atoms with Crippen LogP contribution in [0.25, 0.3) is 0 Å². The number of thiazole rings is 1. The fraction of sp³-hybridized carbons (Fsp3) is 0.400. The first-order chi connectivity index (χ1) is 9.72. The van der Waals surface area contributed by atoms with E-state index in [1.165, 1.54) is 6.07 Å². The van der Waals surface area contributed by atoms with E-state index in [4.69, 9.17) is 0 Å². The highest BCUT2D eigenvalue weighted by molar-refractivity contribution is 7.09. The van der Waals surface area contributed by atoms with Crippen molar-refractivity contribution in [2.24, 2.45) is 0 Å². The second kappa shape index (κ2) is 7.36. The molecule has 1 aromatic heterocycles. The molecule has 0 atom stereocenters. The molecule has 0 radical (unpaired) electrons. The predicted molar refractivity (Wildman–Crippen MR) is 82.6 cm³/mol. The normalized spacial score (nSPS) is 10.8. The molecular formula is C15H20FN3S. The fourth-order valence-corrected chi connectivity index (χ4v) is 2.74. The van der Waals surface area contributed by atoms with E-state index in [-0.39, 0.29) is 5.82 Å². The molecule has 1 heterocycles. The second-order valence-electron chi connectivity index (χ2n) is 4.51. The average molecular weight is 293 g/mol. The Morgan fingerprint density at radius 1 is 1.35 bits per heavy atom. The van der Waals surface area contributed by atoms with E-state index in [2.05, 4.69) is 34.4 Å². The number of hydrogen-bond acceptors (Lipinski definition) is 4. The van der Waals surface area contributed by atoms with Gasteiger partial charge in [0.25, 0.3) is 0 Å². The Morgan fingerprint density at radius 3 is 2.90 bits per heavy atom. The van der Waals surface area contributed by atoms with Gasteiger partial charge in [-0.15, -0.1) is 11.3 Å². The van der Waals surface area contributed by atoms with Crippen LogP contribution < -0.4 is 10.2 Å². The summed E-state index contributed by atoms with van der Waals surface area (Å²) in [4.78, 5) is 6.72. The van der Waals surface area contributed by atoms with Crippen LogP contribution in [0.4, 0.5) is 10.1 Å². The number of aromatic nitrogens is 1. The highest BCUT2D eigenvalue weighted by Crippen LogP contribution is 2.19. The van der Waals surface area contributed by atoms with Crippen LogP contribution in [0.15, 0.2) is 29.6 Å². The molecule has 0 aliphatic carbocycles. The van der Waals surface area contributed by atoms with Crippen LogP contribution in [0, 0.1) is 5.82 Å². The monoisotopic (exact) mass is 293 g/mol. The maximum atomic E-state index is 13.3. The van der Waals surface area contributed by atoms with Crippen LogP contribution >= 0.6 is 11.3 Å². The quantitative estimate of drug-likeness (QED) is 0.848. The van der Waals surface area contributed by atoms with E-state index < -0.39 is 0 Å². The van der Waals surface area contributed by atoms with Crippen molar-refractivity contribution in [3.05, 3.63) is 46.2 Å². The molecule has 0 aliphatic heterocycles. The van der Waals surface area contributed by atoms with Crippen LogP contribution in [-0.2, 0) is 13.1 Å². The zero-order valence-corrected chi connectivity index (χ0v) is 12.7. The van der Waals surface area contributed by atoms with Crippen LogP contribution in [0.2, 0.25) is 0 Å². The minimum Gasteiger partial charge on any atom is -0.366 e. The van der Waals surface area contributed by atoms with Gasteiger partial charge in [0, 0.05) is 24.2 Å². The standard InChI is InChI=1S/C15H20FN3S/c1-3-17-9-15-18-13(11-20-15)10-19(4-2)14-7-5-6-12(16)8-14/h5-8,11,17H,3-4,9-10H2,1-2H3. The largest absolute Gasteiger partial charge is 0.366 e. The number of nitrogens with zero attached hydrogens (tertiary/aromatic N) is 2. The summed E-state index contributed by atoms with van der Waals surface area (Å²) >= 11 is 1.67. The molecule has 108 valence electrons. The first-order valence-electron chi connectivity index (χ1n) is 6.87. The molecule has 0 unspecified atom stereocenters. The van der Waals surface area contributed by atoms with Gasteiger partial charge in [-0.25, -0.2) is 9.37 Å². The molecule has 0 aliphatic rings. The maximum Gasteiger partial charge on any atom is 0.125 e. The topological polar surface area (TPSA) is 28.2 Å². The zero-order chi connectivity index (χ0) is 14.4. The van der Waals surface area contributed by atoms with Crippen molar-refractivity contribution in [3.8, 4) is 0 Å². The third kappa shape index (κ3) is 4.02. The Kier molecular flexibility index (Phi) is 5.49. The lowest BCUT2D eigenvalue weighted by Gasteiger charge is -2.22. The summed E-state index contributed by atoms with van der Waals surface area (Å²) in [6, 6.07) is 6.70. The van der Waals surface area contributed by atoms with Crippen LogP contribution in [0.1, 0.15) is 24.5 Å². The number of benzene rings is 1. The maximum absolute atomic E-state index is 13.3. The van der Waals surface area contributed by atoms with Crippen LogP contribution in [0.5, 0.6) is 0 Å². The third-order valence-electron chi connectivity index (χ3n) is 3.03. The highest BCUT2D eigenvalue weighted by atomic mass is 32.1. The van der Waals surface area contributed by atoms with Gasteiger partial charge in [-0.1, -0.05) is 13.0 Å². The van der Waals surface area contributed by atoms with E-state index in [9.17, 15) is 4.39 Å². The van der Waals surface area contributed by atoms with E-state index >= 15 is 0 Å². The summed E-state index contributed by atoms with van der Waals surface area (Å²) in [6.45, 7) is 7.44. The molecule has 0 amide bonds. The summed E-state index contributed by atoms with van der Waals surface area (Å²) in [5, 5.41) is 6.44. The van der Waals surface area contributed by atoms with Gasteiger partial charge in [-0.2, -0.15) is 0 Å². The van der Waals surface area contributed by atoms with E-state index in [1.54, 1.807) is 23.5 Å². The molecular weight excluding hydrogens is 273 g/mol. The van der Waals surface area contributed by atoms with Gasteiger partial charge in [0.1, 0.15) is 10.8 Å². The van der Waals surface area contributed by atoms with Gasteiger partial charge < -0.3 is 10.2 Å². The molecule has 1 aromatic carbocycles. The molecule has 2 aromatic rings. The van der Waals surface area contributed by atoms with Crippen molar-refractivity contribution < 1.29 is 4.39 Å². The fourth-order valence-electron chi connectivity index (χ4n) is 1.99. The Morgan fingerprint density at radius 2 is 2.20 bits per heavy atom. The molecule has 5 heteroatoms. The zero-order valence-electron chi connectivity index (χ0n) is 11.9. The Labute approximate surface area is 123 Å². The summed E-state index contributed by atoms with van der Waals surface area (Å²) in [7, 11) is 0. The molecule has 0 fully saturated rings. The van der Waals surface area contributed by atoms with Crippen molar-refractivity contribution in [3.63, 3.8) is 0 Å². The van der Waals surface area contributed by atoms with Gasteiger partial charge in [-0.3, -0.25) is 0 Å². The lowest BCUT2D eigenvalue weighted by molar-refractivity contribution is 0.626. The van der Waals surface area contributed by atoms with Gasteiger partial charge >= 0.3 is 0 Å². The van der Waals surface area contributed by atoms with Gasteiger partial charge in [0.2, 0.25) is 0 Å². The summed E-state index contributed by atoms with van der Waals surface area (Å²) in [5.41, 5.74) is 1.93. The van der Waals surface area contributed by atoms with Crippen LogP contribution in [0.3, 0.4) is 0 Å². The lowest BCUT2D eigenvalue weighted by Crippen LogP contribution is -2.22. The van der Waals surface area contributed by atoms with Gasteiger partial charge in [0.05, 0.1) is 12.2 Å². The molecule has 0 spiro atoms. The molecule has 0 bridgehead atoms. The van der Waals surface area contributed by atoms with Crippen LogP contribution in [-0.4, -0.2) is 18.1 Å². The smallest absolute Gasteiger partial charge is 0.125 e. The van der Waals surface area contributed by atoms with Gasteiger partial charge in [0.15, 0.2) is 0 Å². The Hall–Kier alpha value is -1.46. The second-order valence-corrected chi connectivity index (χ2v) is 5.45. The molecule has 2 rings (SSSR count). The van der Waals surface area contributed by atoms with Gasteiger partial charge in [-0.05, 0) is 31.7 Å². The first kappa shape index (κ1) is 14.9.